The van der Waals surface area contributed by atoms with E-state index in [0.717, 1.165) is 11.3 Å². The number of aromatic nitrogens is 1. The van der Waals surface area contributed by atoms with Crippen molar-refractivity contribution in [2.75, 3.05) is 11.9 Å². The van der Waals surface area contributed by atoms with Gasteiger partial charge in [0.25, 0.3) is 5.91 Å². The number of ether oxygens (including phenoxy) is 1. The lowest BCUT2D eigenvalue weighted by Crippen LogP contribution is -2.20. The van der Waals surface area contributed by atoms with Gasteiger partial charge in [0.05, 0.1) is 5.69 Å². The minimum atomic E-state index is -0.227. The first kappa shape index (κ1) is 20.1. The molecule has 0 fully saturated rings. The van der Waals surface area contributed by atoms with Crippen LogP contribution in [-0.2, 0) is 10.2 Å². The van der Waals surface area contributed by atoms with E-state index < -0.39 is 0 Å². The highest BCUT2D eigenvalue weighted by Gasteiger charge is 2.13. The molecule has 0 saturated carbocycles. The van der Waals surface area contributed by atoms with Crippen molar-refractivity contribution in [3.05, 3.63) is 77.7 Å². The predicted molar refractivity (Wildman–Crippen MR) is 124 cm³/mol. The minimum absolute atomic E-state index is 0.0558. The average Bonchev–Trinajstić information content (AvgIpc) is 3.20. The number of thiazole rings is 1. The summed E-state index contributed by atoms with van der Waals surface area (Å²) < 4.78 is 5.61. The number of carbonyl (C=O) groups excluding carboxylic acids is 1. The maximum absolute atomic E-state index is 12.3. The first-order valence-corrected chi connectivity index (χ1v) is 10.7. The van der Waals surface area contributed by atoms with E-state index in [-0.39, 0.29) is 17.9 Å². The normalized spacial score (nSPS) is 11.4. The van der Waals surface area contributed by atoms with Crippen LogP contribution in [0.5, 0.6) is 5.75 Å². The van der Waals surface area contributed by atoms with Crippen LogP contribution >= 0.6 is 11.3 Å². The number of rotatable bonds is 5. The lowest BCUT2D eigenvalue weighted by atomic mass is 9.87. The highest BCUT2D eigenvalue weighted by atomic mass is 32.1. The van der Waals surface area contributed by atoms with E-state index in [2.05, 4.69) is 55.3 Å². The number of hydrogen-bond acceptors (Lipinski definition) is 4. The molecule has 4 rings (SSSR count). The van der Waals surface area contributed by atoms with Crippen molar-refractivity contribution in [3.63, 3.8) is 0 Å². The Morgan fingerprint density at radius 2 is 1.73 bits per heavy atom. The van der Waals surface area contributed by atoms with Crippen LogP contribution in [0.2, 0.25) is 0 Å². The summed E-state index contributed by atoms with van der Waals surface area (Å²) in [6.45, 7) is 6.43. The second-order valence-corrected chi connectivity index (χ2v) is 9.07. The molecular weight excluding hydrogens is 392 g/mol. The third-order valence-electron chi connectivity index (χ3n) is 4.89. The van der Waals surface area contributed by atoms with Crippen molar-refractivity contribution >= 4 is 33.1 Å². The van der Waals surface area contributed by atoms with Crippen LogP contribution in [0.4, 0.5) is 5.13 Å². The van der Waals surface area contributed by atoms with Crippen LogP contribution in [0.25, 0.3) is 22.0 Å². The Balaban J connectivity index is 1.36. The van der Waals surface area contributed by atoms with E-state index in [0.29, 0.717) is 10.9 Å². The van der Waals surface area contributed by atoms with Crippen LogP contribution < -0.4 is 10.1 Å². The van der Waals surface area contributed by atoms with E-state index in [9.17, 15) is 4.79 Å². The Morgan fingerprint density at radius 3 is 2.47 bits per heavy atom. The Morgan fingerprint density at radius 1 is 1.00 bits per heavy atom. The fourth-order valence-corrected chi connectivity index (χ4v) is 3.90. The molecule has 3 aromatic carbocycles. The zero-order chi connectivity index (χ0) is 21.1. The van der Waals surface area contributed by atoms with Gasteiger partial charge in [-0.1, -0.05) is 69.3 Å². The molecule has 0 bridgehead atoms. The molecule has 0 atom stereocenters. The number of carbonyl (C=O) groups is 1. The van der Waals surface area contributed by atoms with E-state index >= 15 is 0 Å². The monoisotopic (exact) mass is 416 g/mol. The SMILES string of the molecule is CC(C)(C)c1ccc(OCC(=O)Nc2nc(-c3ccc4ccccc4c3)cs2)cc1. The number of nitrogens with zero attached hydrogens (tertiary/aromatic N) is 1. The van der Waals surface area contributed by atoms with E-state index in [1.54, 1.807) is 0 Å². The zero-order valence-electron chi connectivity index (χ0n) is 17.3. The second kappa shape index (κ2) is 8.28. The highest BCUT2D eigenvalue weighted by molar-refractivity contribution is 7.14. The average molecular weight is 417 g/mol. The highest BCUT2D eigenvalue weighted by Crippen LogP contribution is 2.28. The Hall–Kier alpha value is -3.18. The van der Waals surface area contributed by atoms with Crippen LogP contribution in [0.1, 0.15) is 26.3 Å². The van der Waals surface area contributed by atoms with Crippen LogP contribution in [0, 0.1) is 0 Å². The molecule has 0 spiro atoms. The first-order valence-electron chi connectivity index (χ1n) is 9.86. The first-order chi connectivity index (χ1) is 14.4. The Labute approximate surface area is 180 Å². The Bertz CT molecular complexity index is 1170. The van der Waals surface area contributed by atoms with Crippen LogP contribution in [0.3, 0.4) is 0 Å². The van der Waals surface area contributed by atoms with Gasteiger partial charge in [-0.15, -0.1) is 11.3 Å². The van der Waals surface area contributed by atoms with Crippen molar-refractivity contribution in [2.24, 2.45) is 0 Å². The molecule has 0 radical (unpaired) electrons. The van der Waals surface area contributed by atoms with Crippen molar-refractivity contribution in [1.29, 1.82) is 0 Å². The van der Waals surface area contributed by atoms with Crippen molar-refractivity contribution in [2.45, 2.75) is 26.2 Å². The molecule has 1 N–H and O–H groups in total. The number of fused-ring (bicyclic) bond motifs is 1. The predicted octanol–water partition coefficient (Wildman–Crippen LogP) is 6.28. The number of anilines is 1. The van der Waals surface area contributed by atoms with Gasteiger partial charge in [0, 0.05) is 10.9 Å². The lowest BCUT2D eigenvalue weighted by Gasteiger charge is -2.19. The van der Waals surface area contributed by atoms with Crippen molar-refractivity contribution in [1.82, 2.24) is 4.98 Å². The molecule has 0 unspecified atom stereocenters. The Kier molecular flexibility index (Phi) is 5.55. The smallest absolute Gasteiger partial charge is 0.264 e. The van der Waals surface area contributed by atoms with Gasteiger partial charge < -0.3 is 4.74 Å². The van der Waals surface area contributed by atoms with Crippen LogP contribution in [-0.4, -0.2) is 17.5 Å². The van der Waals surface area contributed by atoms with E-state index in [4.69, 9.17) is 4.74 Å². The van der Waals surface area contributed by atoms with Crippen molar-refractivity contribution < 1.29 is 9.53 Å². The minimum Gasteiger partial charge on any atom is -0.484 e. The molecule has 1 amide bonds. The quantitative estimate of drug-likeness (QED) is 0.417. The van der Waals surface area contributed by atoms with E-state index in [1.165, 1.54) is 27.7 Å². The summed E-state index contributed by atoms with van der Waals surface area (Å²) in [6, 6.07) is 22.3. The summed E-state index contributed by atoms with van der Waals surface area (Å²) in [6.07, 6.45) is 0. The topological polar surface area (TPSA) is 51.2 Å². The molecule has 4 nitrogen and oxygen atoms in total. The summed E-state index contributed by atoms with van der Waals surface area (Å²) in [4.78, 5) is 16.8. The molecule has 0 aliphatic carbocycles. The van der Waals surface area contributed by atoms with Gasteiger partial charge in [-0.2, -0.15) is 0 Å². The lowest BCUT2D eigenvalue weighted by molar-refractivity contribution is -0.118. The van der Waals surface area contributed by atoms with Gasteiger partial charge in [-0.05, 0) is 39.9 Å². The summed E-state index contributed by atoms with van der Waals surface area (Å²) in [5, 5.41) is 7.69. The van der Waals surface area contributed by atoms with Gasteiger partial charge in [0.15, 0.2) is 11.7 Å². The van der Waals surface area contributed by atoms with Crippen molar-refractivity contribution in [3.8, 4) is 17.0 Å². The molecule has 4 aromatic rings. The fourth-order valence-electron chi connectivity index (χ4n) is 3.17. The van der Waals surface area contributed by atoms with Gasteiger partial charge in [0.1, 0.15) is 5.75 Å². The number of hydrogen-bond donors (Lipinski definition) is 1. The molecule has 1 heterocycles. The summed E-state index contributed by atoms with van der Waals surface area (Å²) >= 11 is 1.41. The third-order valence-corrected chi connectivity index (χ3v) is 5.64. The van der Waals surface area contributed by atoms with Crippen LogP contribution in [0.15, 0.2) is 72.1 Å². The molecule has 5 heteroatoms. The maximum atomic E-state index is 12.3. The molecular formula is C25H24N2O2S. The summed E-state index contributed by atoms with van der Waals surface area (Å²) in [7, 11) is 0. The number of nitrogens with one attached hydrogen (secondary N) is 1. The summed E-state index contributed by atoms with van der Waals surface area (Å²) in [5.74, 6) is 0.448. The molecule has 152 valence electrons. The number of amides is 1. The molecule has 0 aliphatic heterocycles. The van der Waals surface area contributed by atoms with Gasteiger partial charge >= 0.3 is 0 Å². The fraction of sp³-hybridized carbons (Fsp3) is 0.200. The molecule has 1 aromatic heterocycles. The molecule has 0 aliphatic rings. The zero-order valence-corrected chi connectivity index (χ0v) is 18.1. The van der Waals surface area contributed by atoms with Gasteiger partial charge in [-0.25, -0.2) is 4.98 Å². The van der Waals surface area contributed by atoms with Gasteiger partial charge in [-0.3, -0.25) is 10.1 Å². The maximum Gasteiger partial charge on any atom is 0.264 e. The molecule has 0 saturated heterocycles. The molecule has 30 heavy (non-hydrogen) atoms. The standard InChI is InChI=1S/C25H24N2O2S/c1-25(2,3)20-10-12-21(13-11-20)29-15-23(28)27-24-26-22(16-30-24)19-9-8-17-6-4-5-7-18(17)14-19/h4-14,16H,15H2,1-3H3,(H,26,27,28). The second-order valence-electron chi connectivity index (χ2n) is 8.21. The summed E-state index contributed by atoms with van der Waals surface area (Å²) in [5.41, 5.74) is 3.19. The largest absolute Gasteiger partial charge is 0.484 e. The third kappa shape index (κ3) is 4.69. The van der Waals surface area contributed by atoms with E-state index in [1.807, 2.05) is 47.8 Å². The number of benzene rings is 3. The van der Waals surface area contributed by atoms with Gasteiger partial charge in [0.2, 0.25) is 0 Å².